The van der Waals surface area contributed by atoms with E-state index >= 15 is 0 Å². The Morgan fingerprint density at radius 1 is 1.12 bits per heavy atom. The van der Waals surface area contributed by atoms with Crippen LogP contribution in [-0.4, -0.2) is 16.6 Å². The van der Waals surface area contributed by atoms with Crippen LogP contribution < -0.4 is 10.6 Å². The fourth-order valence-electron chi connectivity index (χ4n) is 3.07. The molecule has 3 N–H and O–H groups in total. The lowest BCUT2D eigenvalue weighted by atomic mass is 9.97. The van der Waals surface area contributed by atoms with Crippen LogP contribution in [0.5, 0.6) is 0 Å². The third-order valence-electron chi connectivity index (χ3n) is 4.35. The fraction of sp³-hybridized carbons (Fsp3) is 0.150. The summed E-state index contributed by atoms with van der Waals surface area (Å²) in [4.78, 5) is 4.69. The van der Waals surface area contributed by atoms with Gasteiger partial charge in [0.25, 0.3) is 0 Å². The second-order valence-electron chi connectivity index (χ2n) is 6.00. The molecule has 0 aliphatic carbocycles. The first-order valence-corrected chi connectivity index (χ1v) is 9.73. The van der Waals surface area contributed by atoms with E-state index in [1.807, 2.05) is 12.1 Å². The molecular weight excluding hydrogens is 362 g/mol. The monoisotopic (exact) mass is 381 g/mol. The number of furan rings is 1. The van der Waals surface area contributed by atoms with E-state index in [1.165, 1.54) is 15.8 Å². The van der Waals surface area contributed by atoms with E-state index in [1.54, 1.807) is 17.6 Å². The minimum absolute atomic E-state index is 0.231. The molecule has 0 bridgehead atoms. The summed E-state index contributed by atoms with van der Waals surface area (Å²) < 4.78 is 5.32. The molecule has 0 aliphatic heterocycles. The summed E-state index contributed by atoms with van der Waals surface area (Å²) in [6, 6.07) is 16.5. The van der Waals surface area contributed by atoms with Crippen LogP contribution in [0.4, 0.5) is 0 Å². The standard InChI is InChI=1S/C20H19N3OS2/c25-20(22-11-14-5-3-9-24-14)23-13-17(19-8-4-10-26-19)16-12-21-18-7-2-1-6-15(16)18/h1-10,12,17,21H,11,13H2,(H2,22,23,25)/t17-/m0/s1. The molecule has 1 aromatic carbocycles. The van der Waals surface area contributed by atoms with Crippen molar-refractivity contribution < 1.29 is 4.42 Å². The average molecular weight is 382 g/mol. The van der Waals surface area contributed by atoms with E-state index in [-0.39, 0.29) is 5.92 Å². The molecule has 0 saturated carbocycles. The Balaban J connectivity index is 1.49. The molecule has 4 aromatic rings. The molecule has 0 fully saturated rings. The lowest BCUT2D eigenvalue weighted by Gasteiger charge is -2.18. The highest BCUT2D eigenvalue weighted by Gasteiger charge is 2.19. The van der Waals surface area contributed by atoms with Gasteiger partial charge in [-0.2, -0.15) is 0 Å². The van der Waals surface area contributed by atoms with Gasteiger partial charge in [-0.3, -0.25) is 0 Å². The second kappa shape index (κ2) is 7.76. The summed E-state index contributed by atoms with van der Waals surface area (Å²) in [6.45, 7) is 1.31. The summed E-state index contributed by atoms with van der Waals surface area (Å²) >= 11 is 7.20. The van der Waals surface area contributed by atoms with Gasteiger partial charge >= 0.3 is 0 Å². The number of benzene rings is 1. The predicted molar refractivity (Wildman–Crippen MR) is 111 cm³/mol. The lowest BCUT2D eigenvalue weighted by molar-refractivity contribution is 0.502. The first kappa shape index (κ1) is 16.9. The Hall–Kier alpha value is -2.57. The van der Waals surface area contributed by atoms with Gasteiger partial charge in [0.05, 0.1) is 12.8 Å². The van der Waals surface area contributed by atoms with E-state index in [0.29, 0.717) is 11.7 Å². The first-order valence-electron chi connectivity index (χ1n) is 8.45. The van der Waals surface area contributed by atoms with Crippen molar-refractivity contribution in [1.82, 2.24) is 15.6 Å². The molecular formula is C20H19N3OS2. The Bertz CT molecular complexity index is 974. The summed E-state index contributed by atoms with van der Waals surface area (Å²) in [5.41, 5.74) is 2.44. The molecule has 0 aliphatic rings. The Labute approximate surface area is 161 Å². The van der Waals surface area contributed by atoms with Crippen molar-refractivity contribution in [2.24, 2.45) is 0 Å². The minimum atomic E-state index is 0.231. The van der Waals surface area contributed by atoms with E-state index in [4.69, 9.17) is 16.6 Å². The predicted octanol–water partition coefficient (Wildman–Crippen LogP) is 4.62. The van der Waals surface area contributed by atoms with Gasteiger partial charge in [-0.1, -0.05) is 24.3 Å². The second-order valence-corrected chi connectivity index (χ2v) is 7.39. The smallest absolute Gasteiger partial charge is 0.166 e. The third-order valence-corrected chi connectivity index (χ3v) is 5.63. The number of para-hydroxylation sites is 1. The van der Waals surface area contributed by atoms with Crippen LogP contribution >= 0.6 is 23.6 Å². The van der Waals surface area contributed by atoms with Crippen LogP contribution in [-0.2, 0) is 6.54 Å². The quantitative estimate of drug-likeness (QED) is 0.427. The number of H-pyrrole nitrogens is 1. The van der Waals surface area contributed by atoms with Gasteiger partial charge in [-0.25, -0.2) is 0 Å². The highest BCUT2D eigenvalue weighted by atomic mass is 32.1. The van der Waals surface area contributed by atoms with Gasteiger partial charge in [0.2, 0.25) is 0 Å². The SMILES string of the molecule is S=C(NCc1ccco1)NC[C@H](c1cccs1)c1c[nH]c2ccccc12. The van der Waals surface area contributed by atoms with Crippen LogP contribution in [0, 0.1) is 0 Å². The van der Waals surface area contributed by atoms with Gasteiger partial charge in [-0.15, -0.1) is 11.3 Å². The number of rotatable bonds is 6. The van der Waals surface area contributed by atoms with Gasteiger partial charge in [0.15, 0.2) is 5.11 Å². The maximum Gasteiger partial charge on any atom is 0.166 e. The Kier molecular flexibility index (Phi) is 5.04. The summed E-state index contributed by atoms with van der Waals surface area (Å²) in [5, 5.41) is 10.5. The van der Waals surface area contributed by atoms with E-state index < -0.39 is 0 Å². The average Bonchev–Trinajstić information content (AvgIpc) is 3.42. The molecule has 4 rings (SSSR count). The third kappa shape index (κ3) is 3.66. The van der Waals surface area contributed by atoms with Crippen LogP contribution in [0.1, 0.15) is 22.1 Å². The van der Waals surface area contributed by atoms with E-state index in [2.05, 4.69) is 63.6 Å². The van der Waals surface area contributed by atoms with Crippen molar-refractivity contribution in [3.8, 4) is 0 Å². The zero-order valence-corrected chi connectivity index (χ0v) is 15.7. The Morgan fingerprint density at radius 3 is 2.85 bits per heavy atom. The molecule has 1 atom stereocenters. The van der Waals surface area contributed by atoms with Gasteiger partial charge < -0.3 is 20.0 Å². The fourth-order valence-corrected chi connectivity index (χ4v) is 4.07. The number of aromatic nitrogens is 1. The molecule has 26 heavy (non-hydrogen) atoms. The number of thiocarbonyl (C=S) groups is 1. The van der Waals surface area contributed by atoms with Gasteiger partial charge in [0, 0.05) is 34.4 Å². The number of hydrogen-bond donors (Lipinski definition) is 3. The van der Waals surface area contributed by atoms with Crippen molar-refractivity contribution in [3.63, 3.8) is 0 Å². The number of thiophene rings is 1. The topological polar surface area (TPSA) is 53.0 Å². The van der Waals surface area contributed by atoms with Crippen LogP contribution in [0.2, 0.25) is 0 Å². The largest absolute Gasteiger partial charge is 0.467 e. The molecule has 4 nitrogen and oxygen atoms in total. The Morgan fingerprint density at radius 2 is 2.04 bits per heavy atom. The summed E-state index contributed by atoms with van der Waals surface area (Å²) in [6.07, 6.45) is 3.77. The molecule has 0 amide bonds. The zero-order chi connectivity index (χ0) is 17.8. The minimum Gasteiger partial charge on any atom is -0.467 e. The van der Waals surface area contributed by atoms with Crippen molar-refractivity contribution in [1.29, 1.82) is 0 Å². The summed E-state index contributed by atoms with van der Waals surface area (Å²) in [5.74, 6) is 1.09. The summed E-state index contributed by atoms with van der Waals surface area (Å²) in [7, 11) is 0. The number of hydrogen-bond acceptors (Lipinski definition) is 3. The van der Waals surface area contributed by atoms with E-state index in [9.17, 15) is 0 Å². The van der Waals surface area contributed by atoms with Crippen molar-refractivity contribution in [2.75, 3.05) is 6.54 Å². The molecule has 0 unspecified atom stereocenters. The van der Waals surface area contributed by atoms with Crippen LogP contribution in [0.25, 0.3) is 10.9 Å². The lowest BCUT2D eigenvalue weighted by Crippen LogP contribution is -2.37. The molecule has 132 valence electrons. The zero-order valence-electron chi connectivity index (χ0n) is 14.1. The maximum atomic E-state index is 5.43. The highest BCUT2D eigenvalue weighted by Crippen LogP contribution is 2.32. The molecule has 6 heteroatoms. The normalized spacial score (nSPS) is 12.2. The molecule has 0 saturated heterocycles. The van der Waals surface area contributed by atoms with Crippen molar-refractivity contribution >= 4 is 39.6 Å². The highest BCUT2D eigenvalue weighted by molar-refractivity contribution is 7.80. The number of aromatic amines is 1. The van der Waals surface area contributed by atoms with Crippen LogP contribution in [0.15, 0.2) is 70.8 Å². The molecule has 3 aromatic heterocycles. The van der Waals surface area contributed by atoms with Gasteiger partial charge in [-0.05, 0) is 47.4 Å². The first-order chi connectivity index (χ1) is 12.8. The van der Waals surface area contributed by atoms with Gasteiger partial charge in [0.1, 0.15) is 5.76 Å². The van der Waals surface area contributed by atoms with Crippen LogP contribution in [0.3, 0.4) is 0 Å². The van der Waals surface area contributed by atoms with Crippen molar-refractivity contribution in [2.45, 2.75) is 12.5 Å². The number of nitrogens with one attached hydrogen (secondary N) is 3. The maximum absolute atomic E-state index is 5.43. The number of fused-ring (bicyclic) bond motifs is 1. The van der Waals surface area contributed by atoms with E-state index in [0.717, 1.165) is 17.8 Å². The molecule has 3 heterocycles. The van der Waals surface area contributed by atoms with Crippen molar-refractivity contribution in [3.05, 3.63) is 82.6 Å². The molecule has 0 spiro atoms. The molecule has 0 radical (unpaired) electrons.